The molecular formula is C84H145NO8. The summed E-state index contributed by atoms with van der Waals surface area (Å²) >= 11 is 0. The van der Waals surface area contributed by atoms with Crippen molar-refractivity contribution >= 4 is 5.91 Å². The molecule has 7 unspecified atom stereocenters. The number of nitrogens with one attached hydrogen (secondary N) is 1. The number of allylic oxidation sites excluding steroid dienone is 21. The van der Waals surface area contributed by atoms with E-state index in [0.717, 1.165) is 96.3 Å². The van der Waals surface area contributed by atoms with Crippen LogP contribution in [0.25, 0.3) is 0 Å². The molecule has 9 nitrogen and oxygen atoms in total. The molecule has 1 amide bonds. The summed E-state index contributed by atoms with van der Waals surface area (Å²) in [7, 11) is 0. The number of aliphatic hydroxyl groups is 5. The van der Waals surface area contributed by atoms with Gasteiger partial charge in [0.25, 0.3) is 0 Å². The first kappa shape index (κ1) is 87.3. The number of hydrogen-bond donors (Lipinski definition) is 6. The highest BCUT2D eigenvalue weighted by Gasteiger charge is 2.44. The van der Waals surface area contributed by atoms with Crippen LogP contribution in [0, 0.1) is 0 Å². The van der Waals surface area contributed by atoms with Crippen molar-refractivity contribution in [3.05, 3.63) is 134 Å². The van der Waals surface area contributed by atoms with E-state index >= 15 is 0 Å². The first-order valence-electron chi connectivity index (χ1n) is 38.9. The molecule has 1 aliphatic rings. The maximum Gasteiger partial charge on any atom is 0.220 e. The van der Waals surface area contributed by atoms with Crippen LogP contribution in [0.5, 0.6) is 0 Å². The van der Waals surface area contributed by atoms with Crippen molar-refractivity contribution in [3.8, 4) is 0 Å². The quantitative estimate of drug-likeness (QED) is 0.0261. The Labute approximate surface area is 572 Å². The zero-order valence-corrected chi connectivity index (χ0v) is 60.0. The van der Waals surface area contributed by atoms with Crippen molar-refractivity contribution in [1.82, 2.24) is 5.32 Å². The highest BCUT2D eigenvalue weighted by molar-refractivity contribution is 5.76. The molecule has 93 heavy (non-hydrogen) atoms. The van der Waals surface area contributed by atoms with E-state index in [1.165, 1.54) is 218 Å². The maximum absolute atomic E-state index is 13.2. The van der Waals surface area contributed by atoms with Crippen LogP contribution in [0.3, 0.4) is 0 Å². The molecule has 1 heterocycles. The van der Waals surface area contributed by atoms with Gasteiger partial charge in [-0.25, -0.2) is 0 Å². The summed E-state index contributed by atoms with van der Waals surface area (Å²) < 4.78 is 11.3. The van der Waals surface area contributed by atoms with Crippen molar-refractivity contribution in [2.45, 2.75) is 378 Å². The van der Waals surface area contributed by atoms with Gasteiger partial charge >= 0.3 is 0 Å². The second kappa shape index (κ2) is 71.1. The molecular weight excluding hydrogens is 1150 g/mol. The minimum absolute atomic E-state index is 0.193. The lowest BCUT2D eigenvalue weighted by atomic mass is 9.99. The average molecular weight is 1300 g/mol. The van der Waals surface area contributed by atoms with Crippen molar-refractivity contribution < 1.29 is 39.8 Å². The monoisotopic (exact) mass is 1300 g/mol. The van der Waals surface area contributed by atoms with E-state index in [9.17, 15) is 30.3 Å². The van der Waals surface area contributed by atoms with Gasteiger partial charge in [-0.15, -0.1) is 0 Å². The Morgan fingerprint density at radius 2 is 0.677 bits per heavy atom. The number of unbranched alkanes of at least 4 members (excludes halogenated alkanes) is 37. The first-order chi connectivity index (χ1) is 45.8. The van der Waals surface area contributed by atoms with Gasteiger partial charge in [0.1, 0.15) is 24.4 Å². The van der Waals surface area contributed by atoms with Gasteiger partial charge in [-0.05, 0) is 109 Å². The third-order valence-electron chi connectivity index (χ3n) is 17.7. The number of hydrogen-bond acceptors (Lipinski definition) is 8. The van der Waals surface area contributed by atoms with Crippen LogP contribution >= 0.6 is 0 Å². The van der Waals surface area contributed by atoms with E-state index in [2.05, 4.69) is 141 Å². The number of ether oxygens (including phenoxy) is 2. The van der Waals surface area contributed by atoms with Crippen LogP contribution < -0.4 is 5.32 Å². The molecule has 1 rings (SSSR count). The Bertz CT molecular complexity index is 1940. The molecule has 0 aromatic rings. The fourth-order valence-corrected chi connectivity index (χ4v) is 11.7. The summed E-state index contributed by atoms with van der Waals surface area (Å²) in [6.07, 6.45) is 102. The van der Waals surface area contributed by atoms with Gasteiger partial charge in [0.05, 0.1) is 25.4 Å². The molecule has 0 bridgehead atoms. The minimum atomic E-state index is -1.58. The van der Waals surface area contributed by atoms with E-state index in [1.54, 1.807) is 6.08 Å². The van der Waals surface area contributed by atoms with Crippen molar-refractivity contribution in [3.63, 3.8) is 0 Å². The highest BCUT2D eigenvalue weighted by Crippen LogP contribution is 2.23. The van der Waals surface area contributed by atoms with Gasteiger partial charge in [-0.3, -0.25) is 4.79 Å². The Morgan fingerprint density at radius 1 is 0.376 bits per heavy atom. The normalized spacial score (nSPS) is 18.4. The lowest BCUT2D eigenvalue weighted by Crippen LogP contribution is -2.60. The third-order valence-corrected chi connectivity index (χ3v) is 17.7. The first-order valence-corrected chi connectivity index (χ1v) is 38.9. The molecule has 0 radical (unpaired) electrons. The van der Waals surface area contributed by atoms with Gasteiger partial charge in [-0.2, -0.15) is 0 Å². The van der Waals surface area contributed by atoms with E-state index in [1.807, 2.05) is 6.08 Å². The number of aliphatic hydroxyl groups excluding tert-OH is 5. The number of carbonyl (C=O) groups is 1. The van der Waals surface area contributed by atoms with Gasteiger partial charge in [0.15, 0.2) is 6.29 Å². The maximum atomic E-state index is 13.2. The zero-order valence-electron chi connectivity index (χ0n) is 60.0. The molecule has 9 heteroatoms. The Balaban J connectivity index is 2.13. The molecule has 534 valence electrons. The van der Waals surface area contributed by atoms with Crippen molar-refractivity contribution in [2.24, 2.45) is 0 Å². The van der Waals surface area contributed by atoms with Crippen molar-refractivity contribution in [1.29, 1.82) is 0 Å². The van der Waals surface area contributed by atoms with Crippen LogP contribution in [0.1, 0.15) is 335 Å². The van der Waals surface area contributed by atoms with E-state index in [-0.39, 0.29) is 12.5 Å². The van der Waals surface area contributed by atoms with E-state index < -0.39 is 49.5 Å². The summed E-state index contributed by atoms with van der Waals surface area (Å²) in [5.74, 6) is -0.193. The molecule has 0 aromatic carbocycles. The van der Waals surface area contributed by atoms with E-state index in [0.29, 0.717) is 6.42 Å². The fourth-order valence-electron chi connectivity index (χ4n) is 11.7. The van der Waals surface area contributed by atoms with Crippen molar-refractivity contribution in [2.75, 3.05) is 13.2 Å². The van der Waals surface area contributed by atoms with Gasteiger partial charge in [0, 0.05) is 6.42 Å². The molecule has 0 aromatic heterocycles. The topological polar surface area (TPSA) is 149 Å². The Hall–Kier alpha value is -3.67. The van der Waals surface area contributed by atoms with Crippen LogP contribution in [-0.2, 0) is 14.3 Å². The number of amides is 1. The molecule has 1 fully saturated rings. The minimum Gasteiger partial charge on any atom is -0.394 e. The molecule has 1 aliphatic heterocycles. The standard InChI is InChI=1S/C84H145NO8/c1-3-5-7-9-11-13-15-17-19-21-23-25-27-29-31-33-35-36-37-38-39-40-41-42-44-46-48-50-52-54-56-58-60-62-64-66-68-70-72-74-80(88)85-77(76-92-84-83(91)82(90)81(89)79(75-86)93-84)78(87)73-71-69-67-65-63-61-59-57-55-53-51-49-47-45-43-34-32-30-28-26-24-22-20-18-16-14-12-10-8-6-4-2/h5,7,11,13,17,19,23,25,29,31,35-36,38-39,41-42,55,57,63,65,71,73,77-79,81-84,86-87,89-91H,3-4,6,8-10,12,14-16,18,20-22,24,26-28,30,32-34,37,40,43-54,56,58-62,64,66-70,72,74-76H2,1-2H3,(H,85,88)/b7-5-,13-11-,19-17-,25-23-,31-29-,36-35-,39-38-,42-41-,57-55+,65-63+,73-71+. The van der Waals surface area contributed by atoms with Crippen LogP contribution in [-0.4, -0.2) is 87.5 Å². The zero-order chi connectivity index (χ0) is 67.1. The molecule has 1 saturated heterocycles. The van der Waals surface area contributed by atoms with Gasteiger partial charge in [0.2, 0.25) is 5.91 Å². The smallest absolute Gasteiger partial charge is 0.220 e. The number of carbonyl (C=O) groups excluding carboxylic acids is 1. The summed E-state index contributed by atoms with van der Waals surface area (Å²) in [5.41, 5.74) is 0. The van der Waals surface area contributed by atoms with Crippen LogP contribution in [0.4, 0.5) is 0 Å². The average Bonchev–Trinajstić information content (AvgIpc) is 1.02. The lowest BCUT2D eigenvalue weighted by Gasteiger charge is -2.40. The highest BCUT2D eigenvalue weighted by atomic mass is 16.7. The predicted octanol–water partition coefficient (Wildman–Crippen LogP) is 22.3. The second-order valence-electron chi connectivity index (χ2n) is 26.4. The second-order valence-corrected chi connectivity index (χ2v) is 26.4. The molecule has 0 spiro atoms. The Kier molecular flexibility index (Phi) is 66.8. The van der Waals surface area contributed by atoms with Gasteiger partial charge in [-0.1, -0.05) is 353 Å². The predicted molar refractivity (Wildman–Crippen MR) is 400 cm³/mol. The molecule has 0 saturated carbocycles. The lowest BCUT2D eigenvalue weighted by molar-refractivity contribution is -0.302. The molecule has 7 atom stereocenters. The summed E-state index contributed by atoms with van der Waals surface area (Å²) in [6, 6.07) is -0.839. The van der Waals surface area contributed by atoms with Crippen LogP contribution in [0.2, 0.25) is 0 Å². The molecule has 6 N–H and O–H groups in total. The SMILES string of the molecule is CC/C=C\C/C=C\C/C=C\C/C=C\C/C=C\C/C=C\C/C=C\C/C=C\CCCCCCCCCCCCCCCCC(=O)NC(COC1OC(CO)C(O)C(O)C1O)C(O)/C=C/CC/C=C/CC/C=C/CCCCCCCCCCCCCCCCCCCCCCC. The Morgan fingerprint density at radius 3 is 1.03 bits per heavy atom. The van der Waals surface area contributed by atoms with Gasteiger partial charge < -0.3 is 40.3 Å². The number of rotatable bonds is 67. The summed E-state index contributed by atoms with van der Waals surface area (Å²) in [5, 5.41) is 54.8. The van der Waals surface area contributed by atoms with E-state index in [4.69, 9.17) is 9.47 Å². The fraction of sp³-hybridized carbons (Fsp3) is 0.726. The summed E-state index contributed by atoms with van der Waals surface area (Å²) in [6.45, 7) is 3.67. The third kappa shape index (κ3) is 59.3. The molecule has 0 aliphatic carbocycles. The largest absolute Gasteiger partial charge is 0.394 e. The summed E-state index contributed by atoms with van der Waals surface area (Å²) in [4.78, 5) is 13.2. The van der Waals surface area contributed by atoms with Crippen LogP contribution in [0.15, 0.2) is 134 Å².